The van der Waals surface area contributed by atoms with Gasteiger partial charge in [0.25, 0.3) is 0 Å². The number of pyridine rings is 3. The maximum Gasteiger partial charge on any atom is 0.191 e. The van der Waals surface area contributed by atoms with Gasteiger partial charge in [0, 0.05) is 35.0 Å². The highest BCUT2D eigenvalue weighted by Gasteiger charge is 2.18. The molecular formula is C24H13FN4O. The third-order valence-corrected chi connectivity index (χ3v) is 5.03. The van der Waals surface area contributed by atoms with Gasteiger partial charge in [0.15, 0.2) is 5.43 Å². The van der Waals surface area contributed by atoms with Crippen molar-refractivity contribution in [3.63, 3.8) is 0 Å². The first-order valence-electron chi connectivity index (χ1n) is 9.22. The Bertz CT molecular complexity index is 1550. The molecule has 0 aliphatic carbocycles. The lowest BCUT2D eigenvalue weighted by Gasteiger charge is -2.13. The lowest BCUT2D eigenvalue weighted by atomic mass is 9.95. The summed E-state index contributed by atoms with van der Waals surface area (Å²) < 4.78 is 15.0. The molecule has 0 fully saturated rings. The summed E-state index contributed by atoms with van der Waals surface area (Å²) in [5.41, 5.74) is 2.84. The van der Waals surface area contributed by atoms with E-state index in [-0.39, 0.29) is 16.6 Å². The number of aromatic amines is 1. The minimum Gasteiger partial charge on any atom is -0.346 e. The van der Waals surface area contributed by atoms with Gasteiger partial charge >= 0.3 is 0 Å². The standard InChI is InChI=1S/C24H13FN4O/c25-22-16(13-26)3-1-5-17(22)23-18(12-19-21(30)8-10-28-24(19)29-23)14-6-7-20-15(11-14)4-2-9-27-20/h1-12H,(H,28,29,30). The number of hydrogen-bond acceptors (Lipinski definition) is 4. The molecule has 6 heteroatoms. The van der Waals surface area contributed by atoms with Crippen LogP contribution in [0, 0.1) is 17.1 Å². The normalized spacial score (nSPS) is 10.9. The van der Waals surface area contributed by atoms with Crippen LogP contribution < -0.4 is 5.43 Å². The number of fused-ring (bicyclic) bond motifs is 2. The number of rotatable bonds is 2. The van der Waals surface area contributed by atoms with Crippen LogP contribution in [-0.4, -0.2) is 15.0 Å². The number of aromatic nitrogens is 3. The summed E-state index contributed by atoms with van der Waals surface area (Å²) in [7, 11) is 0. The SMILES string of the molecule is N#Cc1cccc(-c2nc3[nH]ccc(=O)c3cc2-c2ccc3ncccc3c2)c1F. The number of hydrogen-bond donors (Lipinski definition) is 1. The molecule has 0 bridgehead atoms. The predicted molar refractivity (Wildman–Crippen MR) is 113 cm³/mol. The predicted octanol–water partition coefficient (Wildman–Crippen LogP) is 4.82. The Morgan fingerprint density at radius 3 is 2.77 bits per heavy atom. The van der Waals surface area contributed by atoms with E-state index in [2.05, 4.69) is 15.0 Å². The Hall–Kier alpha value is -4.37. The molecule has 2 aromatic carbocycles. The molecule has 3 heterocycles. The molecule has 0 unspecified atom stereocenters. The summed E-state index contributed by atoms with van der Waals surface area (Å²) in [5.74, 6) is -0.645. The first-order chi connectivity index (χ1) is 14.7. The number of nitrogens with one attached hydrogen (secondary N) is 1. The summed E-state index contributed by atoms with van der Waals surface area (Å²) >= 11 is 0. The molecular weight excluding hydrogens is 379 g/mol. The molecule has 0 radical (unpaired) electrons. The summed E-state index contributed by atoms with van der Waals surface area (Å²) in [4.78, 5) is 24.3. The third kappa shape index (κ3) is 2.81. The van der Waals surface area contributed by atoms with Crippen LogP contribution in [-0.2, 0) is 0 Å². The number of H-pyrrole nitrogens is 1. The summed E-state index contributed by atoms with van der Waals surface area (Å²) in [6.07, 6.45) is 3.22. The monoisotopic (exact) mass is 392 g/mol. The van der Waals surface area contributed by atoms with Gasteiger partial charge in [0.2, 0.25) is 0 Å². The maximum atomic E-state index is 15.0. The van der Waals surface area contributed by atoms with Crippen molar-refractivity contribution in [3.05, 3.63) is 94.7 Å². The molecule has 0 saturated carbocycles. The smallest absolute Gasteiger partial charge is 0.191 e. The average molecular weight is 392 g/mol. The number of halogens is 1. The first kappa shape index (κ1) is 17.7. The van der Waals surface area contributed by atoms with Gasteiger partial charge in [-0.25, -0.2) is 9.37 Å². The second kappa shape index (κ2) is 6.90. The van der Waals surface area contributed by atoms with Gasteiger partial charge in [-0.3, -0.25) is 9.78 Å². The maximum absolute atomic E-state index is 15.0. The molecule has 0 atom stereocenters. The Labute approximate surface area is 170 Å². The molecule has 30 heavy (non-hydrogen) atoms. The molecule has 1 N–H and O–H groups in total. The van der Waals surface area contributed by atoms with E-state index in [4.69, 9.17) is 0 Å². The van der Waals surface area contributed by atoms with E-state index >= 15 is 4.39 Å². The Balaban J connectivity index is 1.88. The summed E-state index contributed by atoms with van der Waals surface area (Å²) in [5, 5.41) is 10.6. The second-order valence-electron chi connectivity index (χ2n) is 6.81. The van der Waals surface area contributed by atoms with Crippen molar-refractivity contribution in [3.8, 4) is 28.5 Å². The first-order valence-corrected chi connectivity index (χ1v) is 9.22. The van der Waals surface area contributed by atoms with Crippen molar-refractivity contribution in [2.45, 2.75) is 0 Å². The van der Waals surface area contributed by atoms with E-state index in [1.165, 1.54) is 18.3 Å². The topological polar surface area (TPSA) is 82.4 Å². The van der Waals surface area contributed by atoms with Crippen LogP contribution in [0.5, 0.6) is 0 Å². The van der Waals surface area contributed by atoms with Crippen molar-refractivity contribution >= 4 is 21.9 Å². The van der Waals surface area contributed by atoms with Gasteiger partial charge < -0.3 is 4.98 Å². The van der Waals surface area contributed by atoms with Crippen LogP contribution in [0.2, 0.25) is 0 Å². The molecule has 0 spiro atoms. The number of benzene rings is 2. The molecule has 3 aromatic heterocycles. The zero-order valence-electron chi connectivity index (χ0n) is 15.6. The van der Waals surface area contributed by atoms with Crippen LogP contribution in [0.4, 0.5) is 4.39 Å². The minimum atomic E-state index is -0.645. The fourth-order valence-corrected chi connectivity index (χ4v) is 3.57. The number of nitriles is 1. The average Bonchev–Trinajstić information content (AvgIpc) is 2.78. The lowest BCUT2D eigenvalue weighted by molar-refractivity contribution is 0.627. The van der Waals surface area contributed by atoms with Crippen LogP contribution >= 0.6 is 0 Å². The molecule has 0 saturated heterocycles. The molecule has 0 aliphatic rings. The van der Waals surface area contributed by atoms with Gasteiger partial charge in [-0.2, -0.15) is 5.26 Å². The van der Waals surface area contributed by atoms with Crippen molar-refractivity contribution in [2.75, 3.05) is 0 Å². The fraction of sp³-hybridized carbons (Fsp3) is 0. The third-order valence-electron chi connectivity index (χ3n) is 5.03. The van der Waals surface area contributed by atoms with Crippen molar-refractivity contribution < 1.29 is 4.39 Å². The minimum absolute atomic E-state index is 0.0652. The van der Waals surface area contributed by atoms with E-state index in [9.17, 15) is 10.1 Å². The van der Waals surface area contributed by atoms with Crippen LogP contribution in [0.15, 0.2) is 77.9 Å². The van der Waals surface area contributed by atoms with Gasteiger partial charge in [-0.15, -0.1) is 0 Å². The molecule has 5 nitrogen and oxygen atoms in total. The zero-order chi connectivity index (χ0) is 20.7. The molecule has 0 aliphatic heterocycles. The van der Waals surface area contributed by atoms with Crippen molar-refractivity contribution in [1.82, 2.24) is 15.0 Å². The van der Waals surface area contributed by atoms with E-state index in [0.717, 1.165) is 16.5 Å². The molecule has 5 aromatic rings. The Kier molecular flexibility index (Phi) is 4.08. The molecule has 0 amide bonds. The zero-order valence-corrected chi connectivity index (χ0v) is 15.6. The quantitative estimate of drug-likeness (QED) is 0.467. The Morgan fingerprint density at radius 1 is 1.00 bits per heavy atom. The highest BCUT2D eigenvalue weighted by molar-refractivity contribution is 5.93. The van der Waals surface area contributed by atoms with Crippen LogP contribution in [0.3, 0.4) is 0 Å². The molecule has 5 rings (SSSR count). The largest absolute Gasteiger partial charge is 0.346 e. The Morgan fingerprint density at radius 2 is 1.90 bits per heavy atom. The van der Waals surface area contributed by atoms with Crippen molar-refractivity contribution in [2.24, 2.45) is 0 Å². The van der Waals surface area contributed by atoms with Gasteiger partial charge in [0.1, 0.15) is 17.5 Å². The summed E-state index contributed by atoms with van der Waals surface area (Å²) in [6, 6.07) is 19.1. The lowest BCUT2D eigenvalue weighted by Crippen LogP contribution is -2.04. The van der Waals surface area contributed by atoms with Gasteiger partial charge in [0.05, 0.1) is 22.2 Å². The summed E-state index contributed by atoms with van der Waals surface area (Å²) in [6.45, 7) is 0. The highest BCUT2D eigenvalue weighted by atomic mass is 19.1. The number of nitrogens with zero attached hydrogens (tertiary/aromatic N) is 3. The molecule has 142 valence electrons. The van der Waals surface area contributed by atoms with E-state index in [1.807, 2.05) is 36.4 Å². The highest BCUT2D eigenvalue weighted by Crippen LogP contribution is 2.35. The van der Waals surface area contributed by atoms with E-state index < -0.39 is 5.82 Å². The van der Waals surface area contributed by atoms with Gasteiger partial charge in [-0.1, -0.05) is 18.2 Å². The van der Waals surface area contributed by atoms with Crippen LogP contribution in [0.25, 0.3) is 44.3 Å². The van der Waals surface area contributed by atoms with E-state index in [0.29, 0.717) is 22.3 Å². The van der Waals surface area contributed by atoms with Crippen LogP contribution in [0.1, 0.15) is 5.56 Å². The van der Waals surface area contributed by atoms with Crippen molar-refractivity contribution in [1.29, 1.82) is 5.26 Å². The fourth-order valence-electron chi connectivity index (χ4n) is 3.57. The van der Waals surface area contributed by atoms with E-state index in [1.54, 1.807) is 24.4 Å². The second-order valence-corrected chi connectivity index (χ2v) is 6.81. The van der Waals surface area contributed by atoms with Gasteiger partial charge in [-0.05, 0) is 42.0 Å².